The van der Waals surface area contributed by atoms with Crippen LogP contribution in [0, 0.1) is 11.8 Å². The molecule has 0 aromatic heterocycles. The van der Waals surface area contributed by atoms with Crippen molar-refractivity contribution in [2.75, 3.05) is 13.7 Å². The molecule has 5 heteroatoms. The van der Waals surface area contributed by atoms with E-state index in [9.17, 15) is 9.59 Å². The molecule has 0 unspecified atom stereocenters. The zero-order valence-electron chi connectivity index (χ0n) is 13.1. The number of hydrogen-bond acceptors (Lipinski definition) is 4. The maximum absolute atomic E-state index is 13.0. The summed E-state index contributed by atoms with van der Waals surface area (Å²) in [5.74, 6) is -1.40. The molecular formula is C18H19NO4. The molecule has 120 valence electrons. The summed E-state index contributed by atoms with van der Waals surface area (Å²) >= 11 is 0. The van der Waals surface area contributed by atoms with E-state index in [0.717, 1.165) is 5.56 Å². The number of fused-ring (bicyclic) bond motifs is 1. The molecule has 3 aliphatic rings. The molecule has 5 atom stereocenters. The fourth-order valence-electron chi connectivity index (χ4n) is 4.17. The summed E-state index contributed by atoms with van der Waals surface area (Å²) in [5, 5.41) is 0. The Bertz CT molecular complexity index is 686. The molecule has 23 heavy (non-hydrogen) atoms. The average Bonchev–Trinajstić information content (AvgIpc) is 3.22. The van der Waals surface area contributed by atoms with Gasteiger partial charge >= 0.3 is 5.97 Å². The van der Waals surface area contributed by atoms with E-state index in [1.54, 1.807) is 0 Å². The SMILES string of the molecule is COC(=O)[C@@H]1[C@H]2C=C[C@@]3(CN([C@@H](C)c4ccccc4)C(=O)[C@@H]13)O2. The molecule has 2 saturated heterocycles. The Labute approximate surface area is 134 Å². The van der Waals surface area contributed by atoms with Crippen LogP contribution in [0.4, 0.5) is 0 Å². The van der Waals surface area contributed by atoms with Gasteiger partial charge in [0.1, 0.15) is 11.5 Å². The molecule has 3 heterocycles. The maximum Gasteiger partial charge on any atom is 0.312 e. The first-order chi connectivity index (χ1) is 11.1. The third kappa shape index (κ3) is 1.89. The van der Waals surface area contributed by atoms with Crippen LogP contribution in [0.25, 0.3) is 0 Å². The van der Waals surface area contributed by atoms with Gasteiger partial charge in [-0.05, 0) is 12.5 Å². The summed E-state index contributed by atoms with van der Waals surface area (Å²) in [6.45, 7) is 2.49. The minimum Gasteiger partial charge on any atom is -0.469 e. The second-order valence-corrected chi connectivity index (χ2v) is 6.48. The summed E-state index contributed by atoms with van der Waals surface area (Å²) in [5.41, 5.74) is 0.397. The van der Waals surface area contributed by atoms with Crippen molar-refractivity contribution in [2.24, 2.45) is 11.8 Å². The number of nitrogens with zero attached hydrogens (tertiary/aromatic N) is 1. The van der Waals surface area contributed by atoms with Crippen molar-refractivity contribution in [1.82, 2.24) is 4.90 Å². The highest BCUT2D eigenvalue weighted by molar-refractivity contribution is 5.91. The van der Waals surface area contributed by atoms with Crippen LogP contribution in [0.3, 0.4) is 0 Å². The number of benzene rings is 1. The molecule has 0 aliphatic carbocycles. The van der Waals surface area contributed by atoms with Gasteiger partial charge in [0.25, 0.3) is 0 Å². The number of likely N-dealkylation sites (tertiary alicyclic amines) is 1. The highest BCUT2D eigenvalue weighted by Crippen LogP contribution is 2.53. The van der Waals surface area contributed by atoms with Gasteiger partial charge in [-0.15, -0.1) is 0 Å². The van der Waals surface area contributed by atoms with Gasteiger partial charge in [-0.1, -0.05) is 42.5 Å². The molecule has 1 spiro atoms. The summed E-state index contributed by atoms with van der Waals surface area (Å²) in [6.07, 6.45) is 3.50. The standard InChI is InChI=1S/C18H19NO4/c1-11(12-6-4-3-5-7-12)19-10-18-9-8-13(23-18)14(17(21)22-2)15(18)16(19)20/h3-9,11,13-15H,10H2,1-2H3/t11-,13+,14+,15+,18-/m0/s1. The lowest BCUT2D eigenvalue weighted by Crippen LogP contribution is -2.39. The summed E-state index contributed by atoms with van der Waals surface area (Å²) in [7, 11) is 1.36. The molecule has 2 bridgehead atoms. The molecule has 1 amide bonds. The fourth-order valence-corrected chi connectivity index (χ4v) is 4.17. The predicted molar refractivity (Wildman–Crippen MR) is 82.3 cm³/mol. The number of amides is 1. The lowest BCUT2D eigenvalue weighted by molar-refractivity contribution is -0.151. The van der Waals surface area contributed by atoms with Gasteiger partial charge in [-0.25, -0.2) is 0 Å². The van der Waals surface area contributed by atoms with Crippen LogP contribution in [0.1, 0.15) is 18.5 Å². The van der Waals surface area contributed by atoms with Gasteiger partial charge in [0.2, 0.25) is 5.91 Å². The van der Waals surface area contributed by atoms with E-state index in [1.807, 2.05) is 54.3 Å². The van der Waals surface area contributed by atoms with E-state index in [2.05, 4.69) is 0 Å². The zero-order valence-corrected chi connectivity index (χ0v) is 13.1. The van der Waals surface area contributed by atoms with E-state index < -0.39 is 17.4 Å². The van der Waals surface area contributed by atoms with Crippen LogP contribution in [-0.4, -0.2) is 42.1 Å². The van der Waals surface area contributed by atoms with Crippen molar-refractivity contribution in [3.05, 3.63) is 48.0 Å². The first kappa shape index (κ1) is 14.5. The van der Waals surface area contributed by atoms with Crippen LogP contribution < -0.4 is 0 Å². The lowest BCUT2D eigenvalue weighted by Gasteiger charge is -2.27. The van der Waals surface area contributed by atoms with Crippen LogP contribution in [-0.2, 0) is 19.1 Å². The van der Waals surface area contributed by atoms with E-state index in [-0.39, 0.29) is 24.0 Å². The number of hydrogen-bond donors (Lipinski definition) is 0. The number of esters is 1. The summed E-state index contributed by atoms with van der Waals surface area (Å²) in [4.78, 5) is 27.0. The predicted octanol–water partition coefficient (Wildman–Crippen LogP) is 1.70. The van der Waals surface area contributed by atoms with Crippen LogP contribution >= 0.6 is 0 Å². The smallest absolute Gasteiger partial charge is 0.312 e. The Kier molecular flexibility index (Phi) is 3.10. The second-order valence-electron chi connectivity index (χ2n) is 6.48. The van der Waals surface area contributed by atoms with E-state index in [4.69, 9.17) is 9.47 Å². The minimum absolute atomic E-state index is 0.0244. The van der Waals surface area contributed by atoms with Gasteiger partial charge in [-0.3, -0.25) is 9.59 Å². The van der Waals surface area contributed by atoms with Crippen molar-refractivity contribution in [2.45, 2.75) is 24.7 Å². The van der Waals surface area contributed by atoms with Crippen LogP contribution in [0.15, 0.2) is 42.5 Å². The Morgan fingerprint density at radius 1 is 1.39 bits per heavy atom. The van der Waals surface area contributed by atoms with Crippen LogP contribution in [0.5, 0.6) is 0 Å². The Hall–Kier alpha value is -2.14. The molecule has 0 N–H and O–H groups in total. The van der Waals surface area contributed by atoms with Crippen LogP contribution in [0.2, 0.25) is 0 Å². The number of carbonyl (C=O) groups is 2. The van der Waals surface area contributed by atoms with E-state index >= 15 is 0 Å². The topological polar surface area (TPSA) is 55.8 Å². The van der Waals surface area contributed by atoms with Crippen molar-refractivity contribution in [1.29, 1.82) is 0 Å². The number of methoxy groups -OCH3 is 1. The normalized spacial score (nSPS) is 35.5. The second kappa shape index (κ2) is 4.93. The number of carbonyl (C=O) groups excluding carboxylic acids is 2. The number of ether oxygens (including phenoxy) is 2. The molecule has 5 nitrogen and oxygen atoms in total. The first-order valence-electron chi connectivity index (χ1n) is 7.88. The molecule has 2 fully saturated rings. The first-order valence-corrected chi connectivity index (χ1v) is 7.88. The quantitative estimate of drug-likeness (QED) is 0.629. The van der Waals surface area contributed by atoms with Crippen molar-refractivity contribution >= 4 is 11.9 Å². The molecule has 1 aromatic rings. The third-order valence-corrected chi connectivity index (χ3v) is 5.35. The third-order valence-electron chi connectivity index (χ3n) is 5.35. The number of rotatable bonds is 3. The van der Waals surface area contributed by atoms with E-state index in [1.165, 1.54) is 7.11 Å². The van der Waals surface area contributed by atoms with Crippen molar-refractivity contribution < 1.29 is 19.1 Å². The Morgan fingerprint density at radius 3 is 2.83 bits per heavy atom. The fraction of sp³-hybridized carbons (Fsp3) is 0.444. The molecule has 0 radical (unpaired) electrons. The van der Waals surface area contributed by atoms with Gasteiger partial charge < -0.3 is 14.4 Å². The zero-order chi connectivity index (χ0) is 16.2. The molecule has 3 aliphatic heterocycles. The highest BCUT2D eigenvalue weighted by Gasteiger charge is 2.67. The summed E-state index contributed by atoms with van der Waals surface area (Å²) in [6, 6.07) is 9.84. The van der Waals surface area contributed by atoms with Gasteiger partial charge in [-0.2, -0.15) is 0 Å². The van der Waals surface area contributed by atoms with Crippen molar-refractivity contribution in [3.63, 3.8) is 0 Å². The Balaban J connectivity index is 1.67. The maximum atomic E-state index is 13.0. The lowest BCUT2D eigenvalue weighted by atomic mass is 9.77. The van der Waals surface area contributed by atoms with Gasteiger partial charge in [0, 0.05) is 0 Å². The highest BCUT2D eigenvalue weighted by atomic mass is 16.5. The monoisotopic (exact) mass is 313 g/mol. The van der Waals surface area contributed by atoms with E-state index in [0.29, 0.717) is 6.54 Å². The average molecular weight is 313 g/mol. The minimum atomic E-state index is -0.677. The molecular weight excluding hydrogens is 294 g/mol. The van der Waals surface area contributed by atoms with Gasteiger partial charge in [0.05, 0.1) is 31.7 Å². The van der Waals surface area contributed by atoms with Gasteiger partial charge in [0.15, 0.2) is 0 Å². The molecule has 0 saturated carbocycles. The van der Waals surface area contributed by atoms with Crippen molar-refractivity contribution in [3.8, 4) is 0 Å². The largest absolute Gasteiger partial charge is 0.469 e. The molecule has 1 aromatic carbocycles. The Morgan fingerprint density at radius 2 is 2.13 bits per heavy atom. The summed E-state index contributed by atoms with van der Waals surface area (Å²) < 4.78 is 10.9. The molecule has 4 rings (SSSR count).